The zero-order valence-corrected chi connectivity index (χ0v) is 9.03. The van der Waals surface area contributed by atoms with Gasteiger partial charge in [-0.1, -0.05) is 18.7 Å². The molecule has 0 saturated carbocycles. The van der Waals surface area contributed by atoms with Crippen molar-refractivity contribution in [3.05, 3.63) is 36.4 Å². The molecular weight excluding hydrogens is 190 g/mol. The zero-order chi connectivity index (χ0) is 11.1. The lowest BCUT2D eigenvalue weighted by Crippen LogP contribution is -2.03. The van der Waals surface area contributed by atoms with Crippen LogP contribution in [0.15, 0.2) is 30.9 Å². The summed E-state index contributed by atoms with van der Waals surface area (Å²) in [7, 11) is 1.62. The van der Waals surface area contributed by atoms with Gasteiger partial charge in [0.05, 0.1) is 7.11 Å². The summed E-state index contributed by atoms with van der Waals surface area (Å²) in [6.07, 6.45) is 2.55. The third-order valence-corrected chi connectivity index (χ3v) is 2.02. The fourth-order valence-electron chi connectivity index (χ4n) is 1.30. The Labute approximate surface area is 90.5 Å². The minimum absolute atomic E-state index is 0.475. The first-order chi connectivity index (χ1) is 7.31. The van der Waals surface area contributed by atoms with Gasteiger partial charge < -0.3 is 15.2 Å². The van der Waals surface area contributed by atoms with Crippen molar-refractivity contribution in [2.45, 2.75) is 6.42 Å². The first-order valence-corrected chi connectivity index (χ1v) is 4.92. The van der Waals surface area contributed by atoms with Crippen LogP contribution < -0.4 is 15.2 Å². The molecular formula is C12H17NO2. The van der Waals surface area contributed by atoms with Gasteiger partial charge in [-0.2, -0.15) is 0 Å². The summed E-state index contributed by atoms with van der Waals surface area (Å²) in [5.74, 6) is 1.47. The predicted molar refractivity (Wildman–Crippen MR) is 61.4 cm³/mol. The lowest BCUT2D eigenvalue weighted by atomic mass is 10.1. The van der Waals surface area contributed by atoms with E-state index in [1.807, 2.05) is 18.2 Å². The molecule has 0 fully saturated rings. The quantitative estimate of drug-likeness (QED) is 0.723. The smallest absolute Gasteiger partial charge is 0.161 e. The number of nitrogens with two attached hydrogens (primary N) is 1. The van der Waals surface area contributed by atoms with E-state index in [0.717, 1.165) is 23.5 Å². The van der Waals surface area contributed by atoms with Crippen molar-refractivity contribution in [1.29, 1.82) is 0 Å². The van der Waals surface area contributed by atoms with Crippen molar-refractivity contribution in [3.63, 3.8) is 0 Å². The summed E-state index contributed by atoms with van der Waals surface area (Å²) in [5.41, 5.74) is 6.64. The van der Waals surface area contributed by atoms with Gasteiger partial charge in [-0.15, -0.1) is 0 Å². The summed E-state index contributed by atoms with van der Waals surface area (Å²) in [6, 6.07) is 5.84. The maximum absolute atomic E-state index is 5.49. The molecule has 82 valence electrons. The zero-order valence-electron chi connectivity index (χ0n) is 9.03. The van der Waals surface area contributed by atoms with Gasteiger partial charge in [-0.25, -0.2) is 0 Å². The summed E-state index contributed by atoms with van der Waals surface area (Å²) in [4.78, 5) is 0. The SMILES string of the molecule is C=CCOc1cc(CCN)ccc1OC. The molecule has 3 heteroatoms. The Morgan fingerprint density at radius 2 is 2.20 bits per heavy atom. The Bertz CT molecular complexity index is 323. The van der Waals surface area contributed by atoms with Gasteiger partial charge in [0, 0.05) is 0 Å². The highest BCUT2D eigenvalue weighted by Crippen LogP contribution is 2.28. The normalized spacial score (nSPS) is 9.73. The third kappa shape index (κ3) is 3.29. The maximum atomic E-state index is 5.49. The highest BCUT2D eigenvalue weighted by atomic mass is 16.5. The van der Waals surface area contributed by atoms with Crippen LogP contribution in [0.4, 0.5) is 0 Å². The summed E-state index contributed by atoms with van der Waals surface area (Å²) < 4.78 is 10.7. The monoisotopic (exact) mass is 207 g/mol. The average Bonchev–Trinajstić information content (AvgIpc) is 2.27. The van der Waals surface area contributed by atoms with Crippen LogP contribution >= 0.6 is 0 Å². The minimum Gasteiger partial charge on any atom is -0.493 e. The Kier molecular flexibility index (Phi) is 4.71. The highest BCUT2D eigenvalue weighted by Gasteiger charge is 2.04. The first kappa shape index (κ1) is 11.6. The molecule has 0 heterocycles. The fourth-order valence-corrected chi connectivity index (χ4v) is 1.30. The van der Waals surface area contributed by atoms with Gasteiger partial charge in [0.1, 0.15) is 6.61 Å². The molecule has 1 aromatic rings. The first-order valence-electron chi connectivity index (χ1n) is 4.92. The van der Waals surface area contributed by atoms with E-state index in [4.69, 9.17) is 15.2 Å². The molecule has 0 aliphatic rings. The van der Waals surface area contributed by atoms with Gasteiger partial charge in [0.2, 0.25) is 0 Å². The largest absolute Gasteiger partial charge is 0.493 e. The number of benzene rings is 1. The second-order valence-electron chi connectivity index (χ2n) is 3.12. The van der Waals surface area contributed by atoms with Gasteiger partial charge in [0.15, 0.2) is 11.5 Å². The Morgan fingerprint density at radius 1 is 1.40 bits per heavy atom. The summed E-state index contributed by atoms with van der Waals surface area (Å²) >= 11 is 0. The van der Waals surface area contributed by atoms with E-state index in [0.29, 0.717) is 13.2 Å². The molecule has 0 amide bonds. The van der Waals surface area contributed by atoms with E-state index in [1.54, 1.807) is 13.2 Å². The molecule has 15 heavy (non-hydrogen) atoms. The molecule has 3 nitrogen and oxygen atoms in total. The molecule has 1 rings (SSSR count). The van der Waals surface area contributed by atoms with Gasteiger partial charge in [0.25, 0.3) is 0 Å². The number of hydrogen-bond acceptors (Lipinski definition) is 3. The second-order valence-corrected chi connectivity index (χ2v) is 3.12. The van der Waals surface area contributed by atoms with Crippen LogP contribution in [0.1, 0.15) is 5.56 Å². The van der Waals surface area contributed by atoms with E-state index in [-0.39, 0.29) is 0 Å². The van der Waals surface area contributed by atoms with Crippen LogP contribution in [0.3, 0.4) is 0 Å². The molecule has 1 aromatic carbocycles. The average molecular weight is 207 g/mol. The number of methoxy groups -OCH3 is 1. The van der Waals surface area contributed by atoms with E-state index in [1.165, 1.54) is 0 Å². The standard InChI is InChI=1S/C12H17NO2/c1-3-8-15-12-9-10(6-7-13)4-5-11(12)14-2/h3-5,9H,1,6-8,13H2,2H3. The van der Waals surface area contributed by atoms with Crippen molar-refractivity contribution in [3.8, 4) is 11.5 Å². The molecule has 0 aliphatic carbocycles. The molecule has 0 spiro atoms. The van der Waals surface area contributed by atoms with Crippen LogP contribution in [0.5, 0.6) is 11.5 Å². The van der Waals surface area contributed by atoms with Crippen molar-refractivity contribution < 1.29 is 9.47 Å². The number of hydrogen-bond donors (Lipinski definition) is 1. The van der Waals surface area contributed by atoms with Crippen LogP contribution in [-0.4, -0.2) is 20.3 Å². The lowest BCUT2D eigenvalue weighted by molar-refractivity contribution is 0.326. The number of rotatable bonds is 6. The molecule has 0 saturated heterocycles. The third-order valence-electron chi connectivity index (χ3n) is 2.02. The van der Waals surface area contributed by atoms with Gasteiger partial charge in [-0.05, 0) is 30.7 Å². The molecule has 0 radical (unpaired) electrons. The van der Waals surface area contributed by atoms with E-state index in [2.05, 4.69) is 6.58 Å². The van der Waals surface area contributed by atoms with Gasteiger partial charge in [-0.3, -0.25) is 0 Å². The van der Waals surface area contributed by atoms with Crippen molar-refractivity contribution >= 4 is 0 Å². The molecule has 0 aromatic heterocycles. The van der Waals surface area contributed by atoms with Crippen molar-refractivity contribution in [2.24, 2.45) is 5.73 Å². The molecule has 0 unspecified atom stereocenters. The highest BCUT2D eigenvalue weighted by molar-refractivity contribution is 5.43. The minimum atomic E-state index is 0.475. The topological polar surface area (TPSA) is 44.5 Å². The van der Waals surface area contributed by atoms with Crippen molar-refractivity contribution in [1.82, 2.24) is 0 Å². The fraction of sp³-hybridized carbons (Fsp3) is 0.333. The molecule has 2 N–H and O–H groups in total. The Balaban J connectivity index is 2.85. The molecule has 0 bridgehead atoms. The van der Waals surface area contributed by atoms with Crippen molar-refractivity contribution in [2.75, 3.05) is 20.3 Å². The van der Waals surface area contributed by atoms with Gasteiger partial charge >= 0.3 is 0 Å². The molecule has 0 atom stereocenters. The maximum Gasteiger partial charge on any atom is 0.161 e. The van der Waals surface area contributed by atoms with Crippen LogP contribution in [0.2, 0.25) is 0 Å². The van der Waals surface area contributed by atoms with Crippen LogP contribution in [0.25, 0.3) is 0 Å². The van der Waals surface area contributed by atoms with Crippen LogP contribution in [-0.2, 0) is 6.42 Å². The summed E-state index contributed by atoms with van der Waals surface area (Å²) in [5, 5.41) is 0. The molecule has 0 aliphatic heterocycles. The van der Waals surface area contributed by atoms with Crippen LogP contribution in [0, 0.1) is 0 Å². The Morgan fingerprint density at radius 3 is 2.80 bits per heavy atom. The lowest BCUT2D eigenvalue weighted by Gasteiger charge is -2.10. The summed E-state index contributed by atoms with van der Waals surface area (Å²) in [6.45, 7) is 4.71. The second kappa shape index (κ2) is 6.09. The van der Waals surface area contributed by atoms with E-state index in [9.17, 15) is 0 Å². The van der Waals surface area contributed by atoms with E-state index >= 15 is 0 Å². The predicted octanol–water partition coefficient (Wildman–Crippen LogP) is 1.76. The van der Waals surface area contributed by atoms with E-state index < -0.39 is 0 Å². The Hall–Kier alpha value is -1.48. The number of ether oxygens (including phenoxy) is 2.